The van der Waals surface area contributed by atoms with E-state index in [0.29, 0.717) is 24.2 Å². The molecular weight excluding hydrogens is 200 g/mol. The lowest BCUT2D eigenvalue weighted by Gasteiger charge is -2.37. The van der Waals surface area contributed by atoms with Gasteiger partial charge in [-0.3, -0.25) is 0 Å². The van der Waals surface area contributed by atoms with E-state index in [1.54, 1.807) is 0 Å². The summed E-state index contributed by atoms with van der Waals surface area (Å²) >= 11 is 0. The lowest BCUT2D eigenvalue weighted by molar-refractivity contribution is 0.0713. The van der Waals surface area contributed by atoms with Crippen LogP contribution in [-0.2, 0) is 4.74 Å². The summed E-state index contributed by atoms with van der Waals surface area (Å²) in [4.78, 5) is 2.45. The standard InChI is InChI=1S/C13H26N2O/c1-10-9-12(6-7-15(10)3)14-11(2)13-5-4-8-16-13/h10-14H,4-9H2,1-3H3. The van der Waals surface area contributed by atoms with Gasteiger partial charge in [-0.2, -0.15) is 0 Å². The Labute approximate surface area is 99.5 Å². The number of nitrogens with zero attached hydrogens (tertiary/aromatic N) is 1. The minimum absolute atomic E-state index is 0.454. The van der Waals surface area contributed by atoms with Crippen LogP contribution in [0.15, 0.2) is 0 Å². The zero-order chi connectivity index (χ0) is 11.5. The predicted octanol–water partition coefficient (Wildman–Crippen LogP) is 1.63. The van der Waals surface area contributed by atoms with Gasteiger partial charge < -0.3 is 15.0 Å². The predicted molar refractivity (Wildman–Crippen MR) is 66.7 cm³/mol. The van der Waals surface area contributed by atoms with Crippen molar-refractivity contribution >= 4 is 0 Å². The van der Waals surface area contributed by atoms with Crippen molar-refractivity contribution in [1.29, 1.82) is 0 Å². The van der Waals surface area contributed by atoms with Crippen LogP contribution in [0.4, 0.5) is 0 Å². The van der Waals surface area contributed by atoms with Crippen molar-refractivity contribution in [2.45, 2.75) is 63.8 Å². The van der Waals surface area contributed by atoms with Crippen LogP contribution in [0.2, 0.25) is 0 Å². The Hall–Kier alpha value is -0.120. The van der Waals surface area contributed by atoms with Gasteiger partial charge in [-0.15, -0.1) is 0 Å². The first-order valence-electron chi connectivity index (χ1n) is 6.74. The van der Waals surface area contributed by atoms with E-state index in [0.717, 1.165) is 6.61 Å². The summed E-state index contributed by atoms with van der Waals surface area (Å²) in [7, 11) is 2.23. The van der Waals surface area contributed by atoms with E-state index < -0.39 is 0 Å². The zero-order valence-corrected chi connectivity index (χ0v) is 10.9. The van der Waals surface area contributed by atoms with E-state index in [4.69, 9.17) is 4.74 Å². The maximum Gasteiger partial charge on any atom is 0.0726 e. The van der Waals surface area contributed by atoms with Crippen LogP contribution in [0.5, 0.6) is 0 Å². The third-order valence-electron chi connectivity index (χ3n) is 4.23. The van der Waals surface area contributed by atoms with Crippen molar-refractivity contribution < 1.29 is 4.74 Å². The molecule has 0 aliphatic carbocycles. The SMILES string of the molecule is CC(NC1CCN(C)C(C)C1)C1CCCO1. The molecule has 3 heteroatoms. The Morgan fingerprint density at radius 1 is 1.38 bits per heavy atom. The normalized spacial score (nSPS) is 38.8. The van der Waals surface area contributed by atoms with Crippen molar-refractivity contribution in [3.63, 3.8) is 0 Å². The third kappa shape index (κ3) is 2.96. The first-order chi connectivity index (χ1) is 7.66. The third-order valence-corrected chi connectivity index (χ3v) is 4.23. The highest BCUT2D eigenvalue weighted by molar-refractivity contribution is 4.86. The van der Waals surface area contributed by atoms with Gasteiger partial charge in [0.25, 0.3) is 0 Å². The molecule has 3 nitrogen and oxygen atoms in total. The second-order valence-electron chi connectivity index (χ2n) is 5.56. The lowest BCUT2D eigenvalue weighted by atomic mass is 9.97. The number of likely N-dealkylation sites (tertiary alicyclic amines) is 1. The summed E-state index contributed by atoms with van der Waals surface area (Å²) in [6, 6.07) is 1.91. The van der Waals surface area contributed by atoms with E-state index in [2.05, 4.69) is 31.1 Å². The molecule has 94 valence electrons. The molecule has 0 spiro atoms. The Bertz CT molecular complexity index is 216. The molecule has 0 aromatic carbocycles. The first-order valence-corrected chi connectivity index (χ1v) is 6.74. The van der Waals surface area contributed by atoms with Gasteiger partial charge in [0.05, 0.1) is 6.10 Å². The van der Waals surface area contributed by atoms with Crippen molar-refractivity contribution in [2.24, 2.45) is 0 Å². The van der Waals surface area contributed by atoms with E-state index in [-0.39, 0.29) is 0 Å². The van der Waals surface area contributed by atoms with Gasteiger partial charge in [-0.05, 0) is 53.1 Å². The van der Waals surface area contributed by atoms with Gasteiger partial charge in [0.15, 0.2) is 0 Å². The summed E-state index contributed by atoms with van der Waals surface area (Å²) in [5, 5.41) is 3.76. The quantitative estimate of drug-likeness (QED) is 0.791. The molecule has 2 fully saturated rings. The molecule has 4 unspecified atom stereocenters. The smallest absolute Gasteiger partial charge is 0.0726 e. The van der Waals surface area contributed by atoms with Crippen LogP contribution < -0.4 is 5.32 Å². The summed E-state index contributed by atoms with van der Waals surface area (Å²) in [5.74, 6) is 0. The van der Waals surface area contributed by atoms with Crippen LogP contribution in [0.1, 0.15) is 39.5 Å². The fourth-order valence-corrected chi connectivity index (χ4v) is 2.92. The van der Waals surface area contributed by atoms with Gasteiger partial charge in [0.2, 0.25) is 0 Å². The average Bonchev–Trinajstić information content (AvgIpc) is 2.77. The summed E-state index contributed by atoms with van der Waals surface area (Å²) < 4.78 is 5.73. The number of ether oxygens (including phenoxy) is 1. The van der Waals surface area contributed by atoms with Crippen LogP contribution in [0.3, 0.4) is 0 Å². The van der Waals surface area contributed by atoms with Gasteiger partial charge in [0.1, 0.15) is 0 Å². The number of hydrogen-bond acceptors (Lipinski definition) is 3. The van der Waals surface area contributed by atoms with E-state index in [1.165, 1.54) is 32.2 Å². The lowest BCUT2D eigenvalue weighted by Crippen LogP contribution is -2.50. The Morgan fingerprint density at radius 2 is 2.19 bits per heavy atom. The topological polar surface area (TPSA) is 24.5 Å². The fourth-order valence-electron chi connectivity index (χ4n) is 2.92. The Balaban J connectivity index is 1.76. The van der Waals surface area contributed by atoms with Crippen molar-refractivity contribution in [3.05, 3.63) is 0 Å². The molecule has 2 rings (SSSR count). The van der Waals surface area contributed by atoms with Gasteiger partial charge in [-0.1, -0.05) is 0 Å². The second-order valence-corrected chi connectivity index (χ2v) is 5.56. The number of hydrogen-bond donors (Lipinski definition) is 1. The largest absolute Gasteiger partial charge is 0.377 e. The number of rotatable bonds is 3. The molecule has 1 N–H and O–H groups in total. The molecule has 0 aromatic rings. The van der Waals surface area contributed by atoms with Gasteiger partial charge in [-0.25, -0.2) is 0 Å². The van der Waals surface area contributed by atoms with Crippen molar-refractivity contribution in [3.8, 4) is 0 Å². The molecule has 2 saturated heterocycles. The maximum absolute atomic E-state index is 5.73. The van der Waals surface area contributed by atoms with E-state index >= 15 is 0 Å². The molecule has 16 heavy (non-hydrogen) atoms. The molecular formula is C13H26N2O. The highest BCUT2D eigenvalue weighted by Gasteiger charge is 2.27. The van der Waals surface area contributed by atoms with Crippen LogP contribution in [0.25, 0.3) is 0 Å². The van der Waals surface area contributed by atoms with Crippen LogP contribution >= 0.6 is 0 Å². The molecule has 0 aromatic heterocycles. The monoisotopic (exact) mass is 226 g/mol. The van der Waals surface area contributed by atoms with Crippen LogP contribution in [-0.4, -0.2) is 49.3 Å². The fraction of sp³-hybridized carbons (Fsp3) is 1.00. The molecule has 2 aliphatic rings. The molecule has 4 atom stereocenters. The molecule has 0 radical (unpaired) electrons. The van der Waals surface area contributed by atoms with Crippen molar-refractivity contribution in [1.82, 2.24) is 10.2 Å². The Kier molecular flexibility index (Phi) is 4.22. The maximum atomic E-state index is 5.73. The summed E-state index contributed by atoms with van der Waals surface area (Å²) in [6.07, 6.45) is 5.47. The van der Waals surface area contributed by atoms with Crippen molar-refractivity contribution in [2.75, 3.05) is 20.2 Å². The Morgan fingerprint density at radius 3 is 2.81 bits per heavy atom. The molecule has 0 saturated carbocycles. The van der Waals surface area contributed by atoms with Crippen LogP contribution in [0, 0.1) is 0 Å². The summed E-state index contributed by atoms with van der Waals surface area (Å²) in [5.41, 5.74) is 0. The van der Waals surface area contributed by atoms with Gasteiger partial charge in [0, 0.05) is 24.7 Å². The first kappa shape index (κ1) is 12.3. The second kappa shape index (κ2) is 5.48. The highest BCUT2D eigenvalue weighted by Crippen LogP contribution is 2.19. The molecule has 0 amide bonds. The molecule has 2 aliphatic heterocycles. The summed E-state index contributed by atoms with van der Waals surface area (Å²) in [6.45, 7) is 6.78. The van der Waals surface area contributed by atoms with E-state index in [9.17, 15) is 0 Å². The number of piperidine rings is 1. The average molecular weight is 226 g/mol. The zero-order valence-electron chi connectivity index (χ0n) is 10.9. The van der Waals surface area contributed by atoms with E-state index in [1.807, 2.05) is 0 Å². The van der Waals surface area contributed by atoms with Gasteiger partial charge >= 0.3 is 0 Å². The minimum Gasteiger partial charge on any atom is -0.377 e. The molecule has 0 bridgehead atoms. The highest BCUT2D eigenvalue weighted by atomic mass is 16.5. The minimum atomic E-state index is 0.454. The molecule has 2 heterocycles. The number of nitrogens with one attached hydrogen (secondary N) is 1.